The van der Waals surface area contributed by atoms with Gasteiger partial charge in [-0.2, -0.15) is 0 Å². The highest BCUT2D eigenvalue weighted by Gasteiger charge is 2.23. The molecule has 1 aliphatic rings. The Labute approximate surface area is 192 Å². The second-order valence-electron chi connectivity index (χ2n) is 6.44. The van der Waals surface area contributed by atoms with E-state index < -0.39 is 0 Å². The molecule has 1 aliphatic heterocycles. The zero-order valence-corrected chi connectivity index (χ0v) is 20.5. The summed E-state index contributed by atoms with van der Waals surface area (Å²) in [5, 5.41) is 10.1. The van der Waals surface area contributed by atoms with Crippen LogP contribution < -0.4 is 10.6 Å². The van der Waals surface area contributed by atoms with Crippen LogP contribution in [0.3, 0.4) is 0 Å². The molecule has 9 heteroatoms. The van der Waals surface area contributed by atoms with Crippen LogP contribution in [0.15, 0.2) is 28.7 Å². The summed E-state index contributed by atoms with van der Waals surface area (Å²) in [5.74, 6) is 0.876. The molecule has 1 atom stereocenters. The second kappa shape index (κ2) is 12.7. The number of aliphatic imine (C=N–C) groups is 1. The number of aromatic nitrogens is 1. The van der Waals surface area contributed by atoms with Gasteiger partial charge < -0.3 is 15.4 Å². The van der Waals surface area contributed by atoms with E-state index in [1.807, 2.05) is 17.5 Å². The molecule has 28 heavy (non-hydrogen) atoms. The Morgan fingerprint density at radius 2 is 2.18 bits per heavy atom. The van der Waals surface area contributed by atoms with Crippen LogP contribution in [0.4, 0.5) is 0 Å². The lowest BCUT2D eigenvalue weighted by atomic mass is 10.2. The first-order valence-corrected chi connectivity index (χ1v) is 11.2. The number of nitrogens with one attached hydrogen (secondary N) is 2. The topological polar surface area (TPSA) is 61.8 Å². The number of nitrogens with zero attached hydrogens (tertiary/aromatic N) is 3. The van der Waals surface area contributed by atoms with Crippen molar-refractivity contribution in [2.75, 3.05) is 45.9 Å². The van der Waals surface area contributed by atoms with Crippen LogP contribution in [0.1, 0.15) is 27.7 Å². The van der Waals surface area contributed by atoms with Crippen molar-refractivity contribution in [1.82, 2.24) is 20.5 Å². The zero-order valence-electron chi connectivity index (χ0n) is 16.5. The van der Waals surface area contributed by atoms with Crippen LogP contribution in [0, 0.1) is 6.92 Å². The van der Waals surface area contributed by atoms with Gasteiger partial charge in [-0.3, -0.25) is 9.89 Å². The average Bonchev–Trinajstić information content (AvgIpc) is 3.35. The molecule has 3 heterocycles. The van der Waals surface area contributed by atoms with Crippen molar-refractivity contribution >= 4 is 52.6 Å². The summed E-state index contributed by atoms with van der Waals surface area (Å²) in [6.07, 6.45) is 2.86. The molecule has 2 aromatic rings. The van der Waals surface area contributed by atoms with E-state index in [0.717, 1.165) is 58.3 Å². The Morgan fingerprint density at radius 3 is 2.82 bits per heavy atom. The molecule has 156 valence electrons. The predicted molar refractivity (Wildman–Crippen MR) is 129 cm³/mol. The van der Waals surface area contributed by atoms with E-state index in [9.17, 15) is 0 Å². The Balaban J connectivity index is 0.00000280. The van der Waals surface area contributed by atoms with E-state index >= 15 is 0 Å². The minimum Gasteiger partial charge on any atom is -0.379 e. The molecule has 1 unspecified atom stereocenters. The van der Waals surface area contributed by atoms with Gasteiger partial charge in [0.25, 0.3) is 0 Å². The second-order valence-corrected chi connectivity index (χ2v) is 8.74. The Bertz CT molecular complexity index is 701. The number of aryl methyl sites for hydroxylation is 1. The van der Waals surface area contributed by atoms with Gasteiger partial charge in [0.2, 0.25) is 0 Å². The highest BCUT2D eigenvalue weighted by atomic mass is 127. The summed E-state index contributed by atoms with van der Waals surface area (Å²) in [6, 6.07) is 4.65. The van der Waals surface area contributed by atoms with Crippen molar-refractivity contribution in [2.45, 2.75) is 26.3 Å². The van der Waals surface area contributed by atoms with Crippen molar-refractivity contribution in [3.05, 3.63) is 38.5 Å². The van der Waals surface area contributed by atoms with Gasteiger partial charge in [-0.05, 0) is 25.3 Å². The molecule has 0 spiro atoms. The van der Waals surface area contributed by atoms with E-state index in [1.165, 1.54) is 14.8 Å². The first-order valence-electron chi connectivity index (χ1n) is 9.55. The Morgan fingerprint density at radius 1 is 1.36 bits per heavy atom. The first-order chi connectivity index (χ1) is 13.3. The molecule has 2 N–H and O–H groups in total. The van der Waals surface area contributed by atoms with E-state index in [4.69, 9.17) is 9.73 Å². The summed E-state index contributed by atoms with van der Waals surface area (Å²) in [5.41, 5.74) is 0. The van der Waals surface area contributed by atoms with Crippen LogP contribution in [-0.4, -0.2) is 61.8 Å². The van der Waals surface area contributed by atoms with E-state index in [1.54, 1.807) is 11.3 Å². The molecule has 0 saturated carbocycles. The highest BCUT2D eigenvalue weighted by Crippen LogP contribution is 2.26. The largest absolute Gasteiger partial charge is 0.379 e. The fourth-order valence-corrected chi connectivity index (χ4v) is 4.72. The number of thiazole rings is 1. The minimum atomic E-state index is 0. The lowest BCUT2D eigenvalue weighted by Gasteiger charge is -2.33. The summed E-state index contributed by atoms with van der Waals surface area (Å²) < 4.78 is 5.52. The van der Waals surface area contributed by atoms with Crippen molar-refractivity contribution < 1.29 is 4.74 Å². The van der Waals surface area contributed by atoms with Gasteiger partial charge >= 0.3 is 0 Å². The number of rotatable bonds is 8. The maximum Gasteiger partial charge on any atom is 0.191 e. The van der Waals surface area contributed by atoms with Gasteiger partial charge in [-0.1, -0.05) is 6.07 Å². The zero-order chi connectivity index (χ0) is 18.9. The number of hydrogen-bond acceptors (Lipinski definition) is 6. The molecule has 0 aromatic carbocycles. The summed E-state index contributed by atoms with van der Waals surface area (Å²) in [6.45, 7) is 10.2. The summed E-state index contributed by atoms with van der Waals surface area (Å²) in [4.78, 5) is 14.4. The van der Waals surface area contributed by atoms with Crippen molar-refractivity contribution in [2.24, 2.45) is 4.99 Å². The molecule has 0 amide bonds. The minimum absolute atomic E-state index is 0. The number of ether oxygens (including phenoxy) is 1. The van der Waals surface area contributed by atoms with Gasteiger partial charge in [-0.25, -0.2) is 4.98 Å². The maximum absolute atomic E-state index is 5.52. The Hall–Kier alpha value is -0.750. The van der Waals surface area contributed by atoms with Gasteiger partial charge in [-0.15, -0.1) is 46.7 Å². The SMILES string of the molecule is CCNC(=NCC(c1cccs1)N1CCOCC1)NCCc1ncc(C)s1.I. The van der Waals surface area contributed by atoms with Gasteiger partial charge in [0, 0.05) is 48.6 Å². The van der Waals surface area contributed by atoms with Crippen molar-refractivity contribution in [3.8, 4) is 0 Å². The van der Waals surface area contributed by atoms with Gasteiger partial charge in [0.05, 0.1) is 30.8 Å². The van der Waals surface area contributed by atoms with Crippen LogP contribution in [-0.2, 0) is 11.2 Å². The van der Waals surface area contributed by atoms with Crippen LogP contribution >= 0.6 is 46.7 Å². The molecule has 6 nitrogen and oxygen atoms in total. The summed E-state index contributed by atoms with van der Waals surface area (Å²) >= 11 is 3.57. The van der Waals surface area contributed by atoms with Crippen molar-refractivity contribution in [3.63, 3.8) is 0 Å². The van der Waals surface area contributed by atoms with Crippen LogP contribution in [0.25, 0.3) is 0 Å². The molecule has 0 bridgehead atoms. The normalized spacial score (nSPS) is 16.4. The molecule has 1 fully saturated rings. The smallest absolute Gasteiger partial charge is 0.191 e. The molecule has 3 rings (SSSR count). The standard InChI is InChI=1S/C19H29N5OS2.HI/c1-3-20-19(21-7-6-18-22-13-15(2)27-18)23-14-16(17-5-4-12-26-17)24-8-10-25-11-9-24;/h4-5,12-13,16H,3,6-11,14H2,1-2H3,(H2,20,21,23);1H. The average molecular weight is 536 g/mol. The molecule has 1 saturated heterocycles. The van der Waals surface area contributed by atoms with Crippen LogP contribution in [0.2, 0.25) is 0 Å². The fraction of sp³-hybridized carbons (Fsp3) is 0.579. The lowest BCUT2D eigenvalue weighted by Crippen LogP contribution is -2.42. The third-order valence-corrected chi connectivity index (χ3v) is 6.37. The number of morpholine rings is 1. The number of guanidine groups is 1. The Kier molecular flexibility index (Phi) is 10.7. The van der Waals surface area contributed by atoms with Gasteiger partial charge in [0.1, 0.15) is 0 Å². The highest BCUT2D eigenvalue weighted by molar-refractivity contribution is 14.0. The number of hydrogen-bond donors (Lipinski definition) is 2. The fourth-order valence-electron chi connectivity index (χ4n) is 3.08. The summed E-state index contributed by atoms with van der Waals surface area (Å²) in [7, 11) is 0. The first kappa shape index (κ1) is 23.5. The molecule has 0 aliphatic carbocycles. The maximum atomic E-state index is 5.52. The quantitative estimate of drug-likeness (QED) is 0.309. The van der Waals surface area contributed by atoms with E-state index in [-0.39, 0.29) is 24.0 Å². The number of halogens is 1. The van der Waals surface area contributed by atoms with Gasteiger partial charge in [0.15, 0.2) is 5.96 Å². The molecule has 0 radical (unpaired) electrons. The monoisotopic (exact) mass is 535 g/mol. The predicted octanol–water partition coefficient (Wildman–Crippen LogP) is 3.30. The van der Waals surface area contributed by atoms with Crippen LogP contribution in [0.5, 0.6) is 0 Å². The third kappa shape index (κ3) is 7.25. The molecule has 2 aromatic heterocycles. The third-order valence-electron chi connectivity index (χ3n) is 4.43. The van der Waals surface area contributed by atoms with E-state index in [0.29, 0.717) is 6.04 Å². The molecular weight excluding hydrogens is 505 g/mol. The van der Waals surface area contributed by atoms with E-state index in [2.05, 4.69) is 51.9 Å². The molecular formula is C19H30IN5OS2. The van der Waals surface area contributed by atoms with Crippen molar-refractivity contribution in [1.29, 1.82) is 0 Å². The number of thiophene rings is 1. The lowest BCUT2D eigenvalue weighted by molar-refractivity contribution is 0.0186.